The van der Waals surface area contributed by atoms with Gasteiger partial charge in [-0.1, -0.05) is 42.5 Å². The molecule has 0 amide bonds. The number of rotatable bonds is 7. The number of aromatic nitrogens is 1. The summed E-state index contributed by atoms with van der Waals surface area (Å²) in [7, 11) is 0. The molecule has 4 nitrogen and oxygen atoms in total. The fourth-order valence-electron chi connectivity index (χ4n) is 4.46. The number of hydrogen-bond donors (Lipinski definition) is 1. The van der Waals surface area contributed by atoms with Crippen molar-refractivity contribution in [3.63, 3.8) is 0 Å². The molecule has 2 aromatic carbocycles. The van der Waals surface area contributed by atoms with Gasteiger partial charge < -0.3 is 5.32 Å². The second-order valence-electron chi connectivity index (χ2n) is 8.90. The van der Waals surface area contributed by atoms with Crippen LogP contribution in [-0.4, -0.2) is 16.6 Å². The highest BCUT2D eigenvalue weighted by molar-refractivity contribution is 6.00. The molecular formula is C29H26N2O2. The average Bonchev–Trinajstić information content (AvgIpc) is 3.45. The van der Waals surface area contributed by atoms with Crippen LogP contribution in [0.3, 0.4) is 0 Å². The molecule has 3 aromatic rings. The maximum atomic E-state index is 12.9. The molecule has 33 heavy (non-hydrogen) atoms. The number of anilines is 1. The van der Waals surface area contributed by atoms with Crippen LogP contribution in [0.5, 0.6) is 0 Å². The van der Waals surface area contributed by atoms with Crippen molar-refractivity contribution in [1.82, 2.24) is 4.98 Å². The number of pyridine rings is 1. The van der Waals surface area contributed by atoms with E-state index in [0.717, 1.165) is 51.2 Å². The van der Waals surface area contributed by atoms with Crippen molar-refractivity contribution in [3.8, 4) is 0 Å². The molecule has 0 fully saturated rings. The molecule has 0 radical (unpaired) electrons. The van der Waals surface area contributed by atoms with Crippen LogP contribution in [0.25, 0.3) is 12.2 Å². The maximum Gasteiger partial charge on any atom is 0.167 e. The second-order valence-corrected chi connectivity index (χ2v) is 8.90. The third-order valence-electron chi connectivity index (χ3n) is 6.51. The summed E-state index contributed by atoms with van der Waals surface area (Å²) in [6.07, 6.45) is 9.92. The first-order valence-corrected chi connectivity index (χ1v) is 11.3. The molecule has 0 atom stereocenters. The number of benzene rings is 2. The monoisotopic (exact) mass is 434 g/mol. The van der Waals surface area contributed by atoms with E-state index in [9.17, 15) is 9.59 Å². The number of Topliss-reactive ketones (excluding diaryl/α,β-unsaturated/α-hetero) is 2. The van der Waals surface area contributed by atoms with Gasteiger partial charge in [0.05, 0.1) is 17.6 Å². The van der Waals surface area contributed by atoms with Crippen LogP contribution >= 0.6 is 0 Å². The van der Waals surface area contributed by atoms with Gasteiger partial charge in [0, 0.05) is 30.5 Å². The fourth-order valence-corrected chi connectivity index (χ4v) is 4.46. The molecule has 0 unspecified atom stereocenters. The number of ketones is 2. The highest BCUT2D eigenvalue weighted by atomic mass is 16.1. The molecule has 0 bridgehead atoms. The van der Waals surface area contributed by atoms with E-state index >= 15 is 0 Å². The number of carbonyl (C=O) groups excluding carboxylic acids is 2. The van der Waals surface area contributed by atoms with Crippen LogP contribution in [0.2, 0.25) is 0 Å². The molecule has 0 saturated heterocycles. The van der Waals surface area contributed by atoms with Crippen LogP contribution < -0.4 is 5.32 Å². The van der Waals surface area contributed by atoms with Crippen LogP contribution in [0, 0.1) is 6.92 Å². The number of fused-ring (bicyclic) bond motifs is 2. The predicted molar refractivity (Wildman–Crippen MR) is 132 cm³/mol. The fraction of sp³-hybridized carbons (Fsp3) is 0.207. The summed E-state index contributed by atoms with van der Waals surface area (Å²) >= 11 is 0. The molecule has 0 aliphatic heterocycles. The quantitative estimate of drug-likeness (QED) is 0.497. The summed E-state index contributed by atoms with van der Waals surface area (Å²) in [5.41, 5.74) is 10.2. The summed E-state index contributed by atoms with van der Waals surface area (Å²) in [6, 6.07) is 14.3. The SMILES string of the molecule is CC(=O)C1=Cc2cc(NCc3cc(CC(=O)c4ccc5c(c4)C=CC5)ccc3C)cnc2C1. The van der Waals surface area contributed by atoms with Gasteiger partial charge in [-0.3, -0.25) is 14.6 Å². The van der Waals surface area contributed by atoms with Crippen LogP contribution in [-0.2, 0) is 30.6 Å². The lowest BCUT2D eigenvalue weighted by Crippen LogP contribution is -2.07. The Kier molecular flexibility index (Phi) is 5.51. The molecule has 164 valence electrons. The summed E-state index contributed by atoms with van der Waals surface area (Å²) in [5.74, 6) is 0.234. The van der Waals surface area contributed by atoms with Crippen LogP contribution in [0.4, 0.5) is 5.69 Å². The van der Waals surface area contributed by atoms with E-state index in [-0.39, 0.29) is 11.6 Å². The Balaban J connectivity index is 1.28. The lowest BCUT2D eigenvalue weighted by Gasteiger charge is -2.12. The van der Waals surface area contributed by atoms with Gasteiger partial charge in [0.1, 0.15) is 0 Å². The summed E-state index contributed by atoms with van der Waals surface area (Å²) in [6.45, 7) is 4.32. The minimum absolute atomic E-state index is 0.0980. The number of allylic oxidation sites excluding steroid dienone is 2. The third kappa shape index (κ3) is 4.42. The van der Waals surface area contributed by atoms with Gasteiger partial charge in [-0.15, -0.1) is 0 Å². The van der Waals surface area contributed by atoms with Gasteiger partial charge in [-0.05, 0) is 71.9 Å². The zero-order chi connectivity index (χ0) is 22.9. The predicted octanol–water partition coefficient (Wildman–Crippen LogP) is 5.53. The molecule has 1 N–H and O–H groups in total. The first-order valence-electron chi connectivity index (χ1n) is 11.3. The molecule has 1 aromatic heterocycles. The number of nitrogens with zero attached hydrogens (tertiary/aromatic N) is 1. The molecule has 1 heterocycles. The Morgan fingerprint density at radius 1 is 1.06 bits per heavy atom. The Morgan fingerprint density at radius 2 is 1.94 bits per heavy atom. The summed E-state index contributed by atoms with van der Waals surface area (Å²) < 4.78 is 0. The smallest absolute Gasteiger partial charge is 0.167 e. The first kappa shape index (κ1) is 21.1. The number of hydrogen-bond acceptors (Lipinski definition) is 4. The number of carbonyl (C=O) groups is 2. The summed E-state index contributed by atoms with van der Waals surface area (Å²) in [5, 5.41) is 3.45. The highest BCUT2D eigenvalue weighted by Crippen LogP contribution is 2.27. The van der Waals surface area contributed by atoms with Crippen LogP contribution in [0.15, 0.2) is 60.3 Å². The van der Waals surface area contributed by atoms with Crippen molar-refractivity contribution in [3.05, 3.63) is 105 Å². The molecule has 5 rings (SSSR count). The minimum Gasteiger partial charge on any atom is -0.380 e. The van der Waals surface area contributed by atoms with Gasteiger partial charge >= 0.3 is 0 Å². The topological polar surface area (TPSA) is 59.1 Å². The van der Waals surface area contributed by atoms with E-state index in [4.69, 9.17) is 0 Å². The number of nitrogens with one attached hydrogen (secondary N) is 1. The lowest BCUT2D eigenvalue weighted by molar-refractivity contribution is -0.113. The molecule has 2 aliphatic rings. The standard InChI is InChI=1S/C29H26N2O2/c1-18-6-7-20(11-29(33)23-9-8-21-4-3-5-22(21)12-23)10-26(18)16-30-27-14-25-13-24(19(2)32)15-28(25)31-17-27/h3,5-10,12-14,17,30H,4,11,15-16H2,1-2H3. The first-order chi connectivity index (χ1) is 16.0. The van der Waals surface area contributed by atoms with E-state index in [2.05, 4.69) is 47.6 Å². The normalized spacial score (nSPS) is 13.5. The Bertz CT molecular complexity index is 1350. The van der Waals surface area contributed by atoms with Crippen molar-refractivity contribution < 1.29 is 9.59 Å². The van der Waals surface area contributed by atoms with Crippen LogP contribution in [0.1, 0.15) is 56.4 Å². The van der Waals surface area contributed by atoms with Gasteiger partial charge in [-0.25, -0.2) is 0 Å². The Labute approximate surface area is 194 Å². The van der Waals surface area contributed by atoms with Crippen molar-refractivity contribution in [1.29, 1.82) is 0 Å². The Morgan fingerprint density at radius 3 is 2.79 bits per heavy atom. The largest absolute Gasteiger partial charge is 0.380 e. The van der Waals surface area contributed by atoms with Crippen molar-refractivity contribution in [2.24, 2.45) is 0 Å². The van der Waals surface area contributed by atoms with E-state index in [0.29, 0.717) is 19.4 Å². The molecule has 4 heteroatoms. The maximum absolute atomic E-state index is 12.9. The van der Waals surface area contributed by atoms with E-state index < -0.39 is 0 Å². The van der Waals surface area contributed by atoms with Crippen molar-refractivity contribution in [2.45, 2.75) is 39.7 Å². The molecule has 0 saturated carbocycles. The molecule has 0 spiro atoms. The van der Waals surface area contributed by atoms with E-state index in [1.165, 1.54) is 11.1 Å². The van der Waals surface area contributed by atoms with Crippen molar-refractivity contribution >= 4 is 29.4 Å². The summed E-state index contributed by atoms with van der Waals surface area (Å²) in [4.78, 5) is 29.1. The zero-order valence-corrected chi connectivity index (χ0v) is 18.9. The Hall–Kier alpha value is -3.79. The van der Waals surface area contributed by atoms with Gasteiger partial charge in [0.25, 0.3) is 0 Å². The third-order valence-corrected chi connectivity index (χ3v) is 6.51. The molecular weight excluding hydrogens is 408 g/mol. The zero-order valence-electron chi connectivity index (χ0n) is 18.9. The van der Waals surface area contributed by atoms with E-state index in [1.807, 2.05) is 36.5 Å². The second kappa shape index (κ2) is 8.62. The minimum atomic E-state index is 0.0980. The van der Waals surface area contributed by atoms with E-state index in [1.54, 1.807) is 6.92 Å². The van der Waals surface area contributed by atoms with Gasteiger partial charge in [0.2, 0.25) is 0 Å². The highest BCUT2D eigenvalue weighted by Gasteiger charge is 2.17. The average molecular weight is 435 g/mol. The number of aryl methyl sites for hydroxylation is 1. The molecule has 2 aliphatic carbocycles. The van der Waals surface area contributed by atoms with Gasteiger partial charge in [0.15, 0.2) is 11.6 Å². The van der Waals surface area contributed by atoms with Crippen molar-refractivity contribution in [2.75, 3.05) is 5.32 Å². The van der Waals surface area contributed by atoms with Gasteiger partial charge in [-0.2, -0.15) is 0 Å². The lowest BCUT2D eigenvalue weighted by atomic mass is 9.97.